The van der Waals surface area contributed by atoms with Gasteiger partial charge in [-0.15, -0.1) is 0 Å². The van der Waals surface area contributed by atoms with E-state index in [1.165, 1.54) is 16.8 Å². The number of nitrogens with one attached hydrogen (secondary N) is 1. The molecule has 19 heavy (non-hydrogen) atoms. The highest BCUT2D eigenvalue weighted by molar-refractivity contribution is 5.57. The van der Waals surface area contributed by atoms with Crippen molar-refractivity contribution in [3.05, 3.63) is 65.1 Å². The van der Waals surface area contributed by atoms with Gasteiger partial charge in [0.05, 0.1) is 18.9 Å². The third-order valence-electron chi connectivity index (χ3n) is 3.77. The minimum Gasteiger partial charge on any atom is -0.501 e. The number of hydrogen-bond acceptors (Lipinski definition) is 2. The average molecular weight is 253 g/mol. The van der Waals surface area contributed by atoms with Crippen molar-refractivity contribution < 1.29 is 4.74 Å². The zero-order valence-corrected chi connectivity index (χ0v) is 11.2. The fraction of sp³-hybridized carbons (Fsp3) is 0.294. The average Bonchev–Trinajstić information content (AvgIpc) is 2.48. The molecule has 0 spiro atoms. The van der Waals surface area contributed by atoms with Gasteiger partial charge in [-0.1, -0.05) is 36.4 Å². The topological polar surface area (TPSA) is 21.3 Å². The smallest absolute Gasteiger partial charge is 0.0959 e. The molecule has 0 aromatic heterocycles. The molecule has 0 amide bonds. The van der Waals surface area contributed by atoms with Crippen LogP contribution in [0.5, 0.6) is 0 Å². The second-order valence-electron chi connectivity index (χ2n) is 4.99. The Bertz CT molecular complexity index is 554. The van der Waals surface area contributed by atoms with Crippen LogP contribution in [0.1, 0.15) is 36.4 Å². The van der Waals surface area contributed by atoms with E-state index in [2.05, 4.69) is 53.9 Å². The Kier molecular flexibility index (Phi) is 3.41. The minimum absolute atomic E-state index is 0.393. The van der Waals surface area contributed by atoms with E-state index in [0.29, 0.717) is 6.04 Å². The lowest BCUT2D eigenvalue weighted by Crippen LogP contribution is -2.23. The second kappa shape index (κ2) is 5.35. The summed E-state index contributed by atoms with van der Waals surface area (Å²) in [6, 6.07) is 9.00. The van der Waals surface area contributed by atoms with Crippen LogP contribution in [0.25, 0.3) is 6.08 Å². The molecule has 2 aliphatic rings. The highest BCUT2D eigenvalue weighted by Crippen LogP contribution is 2.29. The molecule has 2 nitrogen and oxygen atoms in total. The highest BCUT2D eigenvalue weighted by Gasteiger charge is 2.17. The zero-order valence-electron chi connectivity index (χ0n) is 11.2. The van der Waals surface area contributed by atoms with Gasteiger partial charge in [-0.25, -0.2) is 0 Å². The van der Waals surface area contributed by atoms with E-state index < -0.39 is 0 Å². The van der Waals surface area contributed by atoms with Gasteiger partial charge in [0.15, 0.2) is 0 Å². The highest BCUT2D eigenvalue weighted by atomic mass is 16.5. The van der Waals surface area contributed by atoms with Crippen molar-refractivity contribution in [3.63, 3.8) is 0 Å². The van der Waals surface area contributed by atoms with Gasteiger partial charge in [-0.05, 0) is 36.1 Å². The molecule has 2 aliphatic carbocycles. The Morgan fingerprint density at radius 2 is 2.05 bits per heavy atom. The number of rotatable bonds is 3. The summed E-state index contributed by atoms with van der Waals surface area (Å²) < 4.78 is 5.26. The molecule has 0 radical (unpaired) electrons. The minimum atomic E-state index is 0.393. The van der Waals surface area contributed by atoms with Gasteiger partial charge in [0, 0.05) is 12.1 Å². The Morgan fingerprint density at radius 3 is 2.84 bits per heavy atom. The van der Waals surface area contributed by atoms with E-state index in [1.54, 1.807) is 7.11 Å². The van der Waals surface area contributed by atoms with Gasteiger partial charge in [0.25, 0.3) is 0 Å². The summed E-state index contributed by atoms with van der Waals surface area (Å²) in [7, 11) is 1.74. The van der Waals surface area contributed by atoms with Crippen LogP contribution < -0.4 is 5.32 Å². The molecule has 0 saturated carbocycles. The van der Waals surface area contributed by atoms with Crippen molar-refractivity contribution in [2.75, 3.05) is 7.11 Å². The quantitative estimate of drug-likeness (QED) is 0.881. The SMILES string of the molecule is COC1=CC=C(NC2CC=Cc3ccccc32)CC1. The zero-order chi connectivity index (χ0) is 13.1. The first-order valence-corrected chi connectivity index (χ1v) is 6.82. The van der Waals surface area contributed by atoms with Gasteiger partial charge in [0.1, 0.15) is 0 Å². The van der Waals surface area contributed by atoms with Crippen LogP contribution in [0, 0.1) is 0 Å². The second-order valence-corrected chi connectivity index (χ2v) is 4.99. The number of allylic oxidation sites excluding steroid dienone is 4. The van der Waals surface area contributed by atoms with E-state index in [9.17, 15) is 0 Å². The maximum absolute atomic E-state index is 5.26. The van der Waals surface area contributed by atoms with Crippen molar-refractivity contribution in [3.8, 4) is 0 Å². The molecule has 0 heterocycles. The Hall–Kier alpha value is -1.96. The fourth-order valence-electron chi connectivity index (χ4n) is 2.71. The maximum Gasteiger partial charge on any atom is 0.0959 e. The number of benzene rings is 1. The monoisotopic (exact) mass is 253 g/mol. The lowest BCUT2D eigenvalue weighted by atomic mass is 9.92. The molecule has 1 unspecified atom stereocenters. The summed E-state index contributed by atoms with van der Waals surface area (Å²) in [5.74, 6) is 1.06. The summed E-state index contributed by atoms with van der Waals surface area (Å²) in [5.41, 5.74) is 4.03. The van der Waals surface area contributed by atoms with Gasteiger partial charge >= 0.3 is 0 Å². The van der Waals surface area contributed by atoms with Gasteiger partial charge in [-0.3, -0.25) is 0 Å². The lowest BCUT2D eigenvalue weighted by Gasteiger charge is -2.26. The third-order valence-corrected chi connectivity index (χ3v) is 3.77. The predicted octanol–water partition coefficient (Wildman–Crippen LogP) is 3.94. The van der Waals surface area contributed by atoms with E-state index >= 15 is 0 Å². The normalized spacial score (nSPS) is 21.2. The number of hydrogen-bond donors (Lipinski definition) is 1. The molecule has 3 rings (SSSR count). The Morgan fingerprint density at radius 1 is 1.16 bits per heavy atom. The first-order valence-electron chi connectivity index (χ1n) is 6.82. The summed E-state index contributed by atoms with van der Waals surface area (Å²) >= 11 is 0. The van der Waals surface area contributed by atoms with Crippen LogP contribution in [0.2, 0.25) is 0 Å². The molecule has 1 N–H and O–H groups in total. The van der Waals surface area contributed by atoms with E-state index in [1.807, 2.05) is 0 Å². The molecule has 0 fully saturated rings. The largest absolute Gasteiger partial charge is 0.501 e. The summed E-state index contributed by atoms with van der Waals surface area (Å²) in [6.45, 7) is 0. The van der Waals surface area contributed by atoms with Crippen LogP contribution >= 0.6 is 0 Å². The number of methoxy groups -OCH3 is 1. The van der Waals surface area contributed by atoms with E-state index in [4.69, 9.17) is 4.74 Å². The van der Waals surface area contributed by atoms with Crippen molar-refractivity contribution in [2.24, 2.45) is 0 Å². The van der Waals surface area contributed by atoms with Gasteiger partial charge in [-0.2, -0.15) is 0 Å². The number of ether oxygens (including phenoxy) is 1. The summed E-state index contributed by atoms with van der Waals surface area (Å²) in [6.07, 6.45) is 11.7. The molecule has 1 atom stereocenters. The van der Waals surface area contributed by atoms with Crippen molar-refractivity contribution in [1.82, 2.24) is 5.32 Å². The van der Waals surface area contributed by atoms with Gasteiger partial charge in [0.2, 0.25) is 0 Å². The van der Waals surface area contributed by atoms with E-state index in [-0.39, 0.29) is 0 Å². The molecular weight excluding hydrogens is 234 g/mol. The van der Waals surface area contributed by atoms with Crippen molar-refractivity contribution in [1.29, 1.82) is 0 Å². The third kappa shape index (κ3) is 2.58. The maximum atomic E-state index is 5.26. The Balaban J connectivity index is 1.77. The first-order chi connectivity index (χ1) is 9.36. The van der Waals surface area contributed by atoms with E-state index in [0.717, 1.165) is 25.0 Å². The van der Waals surface area contributed by atoms with Crippen LogP contribution in [0.3, 0.4) is 0 Å². The molecule has 2 heteroatoms. The lowest BCUT2D eigenvalue weighted by molar-refractivity contribution is 0.274. The molecule has 98 valence electrons. The summed E-state index contributed by atoms with van der Waals surface area (Å²) in [5, 5.41) is 3.67. The molecular formula is C17H19NO. The molecule has 0 saturated heterocycles. The number of fused-ring (bicyclic) bond motifs is 1. The van der Waals surface area contributed by atoms with Crippen LogP contribution in [0.4, 0.5) is 0 Å². The van der Waals surface area contributed by atoms with Gasteiger partial charge < -0.3 is 10.1 Å². The predicted molar refractivity (Wildman–Crippen MR) is 78.4 cm³/mol. The van der Waals surface area contributed by atoms with Crippen LogP contribution in [-0.2, 0) is 4.74 Å². The first kappa shape index (κ1) is 12.1. The Labute approximate surface area is 114 Å². The molecule has 1 aromatic rings. The van der Waals surface area contributed by atoms with Crippen LogP contribution in [0.15, 0.2) is 53.9 Å². The van der Waals surface area contributed by atoms with Crippen molar-refractivity contribution in [2.45, 2.75) is 25.3 Å². The molecule has 0 bridgehead atoms. The standard InChI is InChI=1S/C17H19NO/c1-19-15-11-9-14(10-12-15)18-17-8-4-6-13-5-2-3-7-16(13)17/h2-7,9,11,17-18H,8,10,12H2,1H3. The fourth-order valence-corrected chi connectivity index (χ4v) is 2.71. The van der Waals surface area contributed by atoms with Crippen molar-refractivity contribution >= 4 is 6.08 Å². The summed E-state index contributed by atoms with van der Waals surface area (Å²) in [4.78, 5) is 0. The van der Waals surface area contributed by atoms with Crippen LogP contribution in [-0.4, -0.2) is 7.11 Å². The molecule has 0 aliphatic heterocycles. The molecule has 1 aromatic carbocycles.